The number of aromatic nitrogens is 2. The lowest BCUT2D eigenvalue weighted by molar-refractivity contribution is -0.128. The van der Waals surface area contributed by atoms with Gasteiger partial charge in [0.15, 0.2) is 9.84 Å². The monoisotopic (exact) mass is 418 g/mol. The van der Waals surface area contributed by atoms with Gasteiger partial charge in [0.25, 0.3) is 0 Å². The molecule has 2 aromatic rings. The number of hydrogen-bond donors (Lipinski definition) is 0. The highest BCUT2D eigenvalue weighted by molar-refractivity contribution is 7.91. The second kappa shape index (κ2) is 8.69. The van der Waals surface area contributed by atoms with Gasteiger partial charge in [0.2, 0.25) is 11.7 Å². The fourth-order valence-electron chi connectivity index (χ4n) is 3.30. The fourth-order valence-corrected chi connectivity index (χ4v) is 3.93. The zero-order valence-corrected chi connectivity index (χ0v) is 17.4. The van der Waals surface area contributed by atoms with Crippen molar-refractivity contribution in [2.24, 2.45) is 0 Å². The quantitative estimate of drug-likeness (QED) is 0.676. The van der Waals surface area contributed by atoms with Crippen LogP contribution >= 0.6 is 0 Å². The Bertz CT molecular complexity index is 1030. The zero-order chi connectivity index (χ0) is 21.0. The lowest BCUT2D eigenvalue weighted by atomic mass is 10.1. The van der Waals surface area contributed by atoms with Crippen LogP contribution < -0.4 is 4.90 Å². The summed E-state index contributed by atoms with van der Waals surface area (Å²) < 4.78 is 22.8. The molecule has 0 aliphatic carbocycles. The number of carbonyl (C=O) groups is 2. The van der Waals surface area contributed by atoms with Crippen molar-refractivity contribution in [3.63, 3.8) is 0 Å². The lowest BCUT2D eigenvalue weighted by Gasteiger charge is -2.23. The Morgan fingerprint density at radius 3 is 2.62 bits per heavy atom. The molecule has 0 atom stereocenters. The summed E-state index contributed by atoms with van der Waals surface area (Å²) in [5, 5.41) is 0. The SMILES string of the molecule is Cc1ncccc1C(=O)c1cccc(N2CCCN(C(=O)CS(C)(=O)=O)CC2)n1.[HH]. The van der Waals surface area contributed by atoms with Gasteiger partial charge in [0.1, 0.15) is 17.3 Å². The number of sulfone groups is 1. The van der Waals surface area contributed by atoms with E-state index in [9.17, 15) is 18.0 Å². The molecule has 1 aliphatic heterocycles. The number of rotatable bonds is 5. The molecular formula is C20H26N4O4S. The van der Waals surface area contributed by atoms with Crippen molar-refractivity contribution in [2.75, 3.05) is 43.1 Å². The number of hydrogen-bond acceptors (Lipinski definition) is 7. The highest BCUT2D eigenvalue weighted by Crippen LogP contribution is 2.17. The summed E-state index contributed by atoms with van der Waals surface area (Å²) in [4.78, 5) is 37.3. The van der Waals surface area contributed by atoms with Crippen molar-refractivity contribution in [2.45, 2.75) is 13.3 Å². The molecule has 1 amide bonds. The minimum Gasteiger partial charge on any atom is -0.355 e. The minimum atomic E-state index is -3.36. The first kappa shape index (κ1) is 20.9. The van der Waals surface area contributed by atoms with Crippen molar-refractivity contribution in [3.05, 3.63) is 53.5 Å². The van der Waals surface area contributed by atoms with Crippen LogP contribution in [-0.2, 0) is 14.6 Å². The molecule has 1 aliphatic rings. The Balaban J connectivity index is 0.00000320. The van der Waals surface area contributed by atoms with Crippen LogP contribution in [0.5, 0.6) is 0 Å². The fraction of sp³-hybridized carbons (Fsp3) is 0.400. The molecule has 0 aromatic carbocycles. The predicted octanol–water partition coefficient (Wildman–Crippen LogP) is 1.35. The molecule has 0 N–H and O–H groups in total. The standard InChI is InChI=1S/C20H24N4O4S.H2/c1-15-16(6-4-9-21-15)20(26)17-7-3-8-18(22-17)23-10-5-11-24(13-12-23)19(25)14-29(2,27)28;/h3-4,6-9H,5,10-14H2,1-2H3;1H. The van der Waals surface area contributed by atoms with Gasteiger partial charge in [0, 0.05) is 51.3 Å². The van der Waals surface area contributed by atoms with E-state index in [-0.39, 0.29) is 13.1 Å². The van der Waals surface area contributed by atoms with Crippen molar-refractivity contribution in [1.82, 2.24) is 14.9 Å². The summed E-state index contributed by atoms with van der Waals surface area (Å²) in [6.45, 7) is 3.88. The molecule has 2 aromatic heterocycles. The smallest absolute Gasteiger partial charge is 0.237 e. The topological polar surface area (TPSA) is 101 Å². The average molecular weight is 419 g/mol. The average Bonchev–Trinajstić information content (AvgIpc) is 2.93. The van der Waals surface area contributed by atoms with Gasteiger partial charge in [-0.05, 0) is 37.6 Å². The number of aryl methyl sites for hydroxylation is 1. The van der Waals surface area contributed by atoms with Gasteiger partial charge >= 0.3 is 0 Å². The van der Waals surface area contributed by atoms with Crippen LogP contribution in [0, 0.1) is 6.92 Å². The van der Waals surface area contributed by atoms with Crippen LogP contribution in [0.25, 0.3) is 0 Å². The lowest BCUT2D eigenvalue weighted by Crippen LogP contribution is -2.38. The van der Waals surface area contributed by atoms with E-state index in [1.165, 1.54) is 0 Å². The van der Waals surface area contributed by atoms with E-state index >= 15 is 0 Å². The molecule has 8 nitrogen and oxygen atoms in total. The van der Waals surface area contributed by atoms with Crippen LogP contribution in [0.2, 0.25) is 0 Å². The minimum absolute atomic E-state index is 0. The van der Waals surface area contributed by atoms with Gasteiger partial charge in [-0.1, -0.05) is 6.07 Å². The highest BCUT2D eigenvalue weighted by Gasteiger charge is 2.23. The largest absolute Gasteiger partial charge is 0.355 e. The van der Waals surface area contributed by atoms with Gasteiger partial charge in [-0.25, -0.2) is 13.4 Å². The van der Waals surface area contributed by atoms with Gasteiger partial charge in [-0.2, -0.15) is 0 Å². The van der Waals surface area contributed by atoms with E-state index in [1.54, 1.807) is 42.3 Å². The Hall–Kier alpha value is -2.81. The van der Waals surface area contributed by atoms with E-state index in [0.29, 0.717) is 55.4 Å². The van der Waals surface area contributed by atoms with Crippen LogP contribution in [0.1, 0.15) is 29.6 Å². The maximum Gasteiger partial charge on any atom is 0.237 e. The number of pyridine rings is 2. The second-order valence-corrected chi connectivity index (χ2v) is 9.28. The molecule has 156 valence electrons. The maximum atomic E-state index is 12.8. The van der Waals surface area contributed by atoms with Crippen molar-refractivity contribution in [3.8, 4) is 0 Å². The third-order valence-electron chi connectivity index (χ3n) is 4.78. The number of ketones is 1. The van der Waals surface area contributed by atoms with Crippen molar-refractivity contribution < 1.29 is 19.4 Å². The second-order valence-electron chi connectivity index (χ2n) is 7.14. The van der Waals surface area contributed by atoms with Crippen molar-refractivity contribution >= 4 is 27.3 Å². The Morgan fingerprint density at radius 1 is 1.10 bits per heavy atom. The van der Waals surface area contributed by atoms with Gasteiger partial charge in [0.05, 0.1) is 0 Å². The third kappa shape index (κ3) is 5.38. The molecule has 0 saturated carbocycles. The van der Waals surface area contributed by atoms with E-state index in [4.69, 9.17) is 0 Å². The van der Waals surface area contributed by atoms with Gasteiger partial charge in [-0.3, -0.25) is 14.6 Å². The zero-order valence-electron chi connectivity index (χ0n) is 16.5. The van der Waals surface area contributed by atoms with E-state index in [1.807, 2.05) is 11.0 Å². The number of anilines is 1. The Kier molecular flexibility index (Phi) is 6.26. The van der Waals surface area contributed by atoms with Crippen LogP contribution in [-0.4, -0.2) is 73.2 Å². The Labute approximate surface area is 172 Å². The van der Waals surface area contributed by atoms with Crippen LogP contribution in [0.15, 0.2) is 36.5 Å². The third-order valence-corrected chi connectivity index (χ3v) is 5.55. The molecule has 3 rings (SSSR count). The number of nitrogens with zero attached hydrogens (tertiary/aromatic N) is 4. The van der Waals surface area contributed by atoms with E-state index in [2.05, 4.69) is 9.97 Å². The number of carbonyl (C=O) groups excluding carboxylic acids is 2. The van der Waals surface area contributed by atoms with E-state index < -0.39 is 15.6 Å². The number of amides is 1. The highest BCUT2D eigenvalue weighted by atomic mass is 32.2. The molecule has 0 radical (unpaired) electrons. The van der Waals surface area contributed by atoms with Gasteiger partial charge < -0.3 is 9.80 Å². The summed E-state index contributed by atoms with van der Waals surface area (Å²) in [5.41, 5.74) is 1.51. The Morgan fingerprint density at radius 2 is 1.90 bits per heavy atom. The molecule has 0 spiro atoms. The summed E-state index contributed by atoms with van der Waals surface area (Å²) in [5.74, 6) is -0.370. The molecule has 3 heterocycles. The summed E-state index contributed by atoms with van der Waals surface area (Å²) >= 11 is 0. The van der Waals surface area contributed by atoms with Crippen LogP contribution in [0.4, 0.5) is 5.82 Å². The molecule has 9 heteroatoms. The molecule has 1 saturated heterocycles. The summed E-state index contributed by atoms with van der Waals surface area (Å²) in [6.07, 6.45) is 3.40. The van der Waals surface area contributed by atoms with Crippen LogP contribution in [0.3, 0.4) is 0 Å². The normalized spacial score (nSPS) is 15.1. The first-order valence-electron chi connectivity index (χ1n) is 9.38. The first-order valence-corrected chi connectivity index (χ1v) is 11.4. The molecule has 0 unspecified atom stereocenters. The molecule has 29 heavy (non-hydrogen) atoms. The first-order chi connectivity index (χ1) is 13.7. The summed E-state index contributed by atoms with van der Waals surface area (Å²) in [6, 6.07) is 8.76. The molecule has 0 bridgehead atoms. The molecule has 1 fully saturated rings. The molecular weight excluding hydrogens is 392 g/mol. The summed E-state index contributed by atoms with van der Waals surface area (Å²) in [7, 11) is -3.36. The van der Waals surface area contributed by atoms with Crippen molar-refractivity contribution in [1.29, 1.82) is 0 Å². The predicted molar refractivity (Wildman–Crippen MR) is 112 cm³/mol. The maximum absolute atomic E-state index is 12.8. The van der Waals surface area contributed by atoms with E-state index in [0.717, 1.165) is 6.26 Å². The van der Waals surface area contributed by atoms with Gasteiger partial charge in [-0.15, -0.1) is 0 Å².